The van der Waals surface area contributed by atoms with E-state index in [1.54, 1.807) is 0 Å². The van der Waals surface area contributed by atoms with Crippen molar-refractivity contribution >= 4 is 15.6 Å². The summed E-state index contributed by atoms with van der Waals surface area (Å²) in [5, 5.41) is 52.3. The van der Waals surface area contributed by atoms with Crippen LogP contribution in [0.3, 0.4) is 0 Å². The van der Waals surface area contributed by atoms with Crippen LogP contribution in [0.5, 0.6) is 0 Å². The summed E-state index contributed by atoms with van der Waals surface area (Å²) in [6, 6.07) is -1.02. The van der Waals surface area contributed by atoms with Crippen LogP contribution in [0.1, 0.15) is 6.23 Å². The van der Waals surface area contributed by atoms with Crippen LogP contribution in [-0.4, -0.2) is 97.3 Å². The molecule has 2 aliphatic heterocycles. The summed E-state index contributed by atoms with van der Waals surface area (Å²) < 4.78 is 47.8. The first-order valence-corrected chi connectivity index (χ1v) is 13.3. The molecule has 25 heteroatoms. The van der Waals surface area contributed by atoms with E-state index < -0.39 is 95.3 Å². The second-order valence-electron chi connectivity index (χ2n) is 7.84. The number of azide groups is 1. The van der Waals surface area contributed by atoms with E-state index in [0.29, 0.717) is 4.57 Å². The Hall–Kier alpha value is -0.0300. The second kappa shape index (κ2) is 15.6. The molecule has 40 heavy (non-hydrogen) atoms. The number of rotatable bonds is 10. The van der Waals surface area contributed by atoms with Crippen molar-refractivity contribution in [1.29, 1.82) is 0 Å². The molecule has 0 aromatic carbocycles. The maximum absolute atomic E-state index is 12.2. The molecule has 2 saturated heterocycles. The standard InChI is InChI=1S/C15H23N5O16P2.2Na/c16-19-18-8-11(25)9(23)5(3-21)34-14(8)35-38(30,31)36-37(28,29)32-4-6-10(24)12(26)13(33-6)20-2-1-7(22)17-15(20)27;;/h1-2,5-6,8-14,21,23-26H,3-4H2,(H,28,29)(H,30,31)(H,17,22,27);;/q;2*+1/p-2/t5?,6-,8?,9-,10?,11?,12?,13-,14-;;/m1../s1. The van der Waals surface area contributed by atoms with Crippen LogP contribution in [0.4, 0.5) is 0 Å². The van der Waals surface area contributed by atoms with Gasteiger partial charge in [0.05, 0.1) is 19.3 Å². The molecule has 1 aromatic heterocycles. The van der Waals surface area contributed by atoms with Crippen molar-refractivity contribution in [3.05, 3.63) is 43.5 Å². The molecular weight excluding hydrogens is 614 g/mol. The molecule has 2 aliphatic rings. The van der Waals surface area contributed by atoms with Crippen LogP contribution in [-0.2, 0) is 32.0 Å². The number of phosphoric acid groups is 2. The minimum Gasteiger partial charge on any atom is -0.756 e. The van der Waals surface area contributed by atoms with Gasteiger partial charge in [0, 0.05) is 17.2 Å². The van der Waals surface area contributed by atoms with E-state index in [9.17, 15) is 54.0 Å². The molecule has 7 unspecified atom stereocenters. The van der Waals surface area contributed by atoms with E-state index in [1.165, 1.54) is 0 Å². The van der Waals surface area contributed by atoms with Gasteiger partial charge in [0.1, 0.15) is 36.6 Å². The first-order valence-electron chi connectivity index (χ1n) is 10.4. The van der Waals surface area contributed by atoms with Crippen molar-refractivity contribution in [3.63, 3.8) is 0 Å². The molecule has 11 atom stereocenters. The number of H-pyrrole nitrogens is 1. The largest absolute Gasteiger partial charge is 1.00 e. The third-order valence-corrected chi connectivity index (χ3v) is 7.86. The number of aliphatic hydroxyl groups is 5. The third-order valence-electron chi connectivity index (χ3n) is 5.33. The Morgan fingerprint density at radius 2 is 1.68 bits per heavy atom. The average molecular weight is 635 g/mol. The van der Waals surface area contributed by atoms with Gasteiger partial charge in [-0.15, -0.1) is 0 Å². The number of aromatic nitrogens is 2. The molecule has 0 spiro atoms. The van der Waals surface area contributed by atoms with E-state index in [1.807, 2.05) is 4.98 Å². The molecule has 0 bridgehead atoms. The van der Waals surface area contributed by atoms with E-state index in [4.69, 9.17) is 15.0 Å². The molecule has 0 amide bonds. The number of nitrogens with one attached hydrogen (secondary N) is 1. The van der Waals surface area contributed by atoms with E-state index in [2.05, 4.69) is 23.4 Å². The maximum atomic E-state index is 12.2. The summed E-state index contributed by atoms with van der Waals surface area (Å²) in [6.07, 6.45) is -13.6. The van der Waals surface area contributed by atoms with Crippen LogP contribution in [0, 0.1) is 0 Å². The first-order chi connectivity index (χ1) is 17.7. The van der Waals surface area contributed by atoms with Gasteiger partial charge in [-0.25, -0.2) is 9.11 Å². The number of ether oxygens (including phenoxy) is 2. The molecular formula is C15H21N5Na2O16P2. The van der Waals surface area contributed by atoms with Crippen molar-refractivity contribution < 1.29 is 126 Å². The molecule has 3 heterocycles. The molecule has 214 valence electrons. The Labute approximate surface area is 267 Å². The van der Waals surface area contributed by atoms with Gasteiger partial charge in [-0.05, 0) is 5.53 Å². The van der Waals surface area contributed by atoms with E-state index in [-0.39, 0.29) is 59.1 Å². The summed E-state index contributed by atoms with van der Waals surface area (Å²) in [5.41, 5.74) is 6.81. The zero-order chi connectivity index (χ0) is 28.4. The number of aliphatic hydroxyl groups excluding tert-OH is 5. The maximum Gasteiger partial charge on any atom is 1.00 e. The van der Waals surface area contributed by atoms with Crippen molar-refractivity contribution in [2.75, 3.05) is 13.2 Å². The number of hydrogen-bond donors (Lipinski definition) is 6. The van der Waals surface area contributed by atoms with Crippen LogP contribution >= 0.6 is 15.6 Å². The van der Waals surface area contributed by atoms with E-state index in [0.717, 1.165) is 12.3 Å². The molecule has 0 saturated carbocycles. The predicted octanol–water partition coefficient (Wildman–Crippen LogP) is -10.7. The SMILES string of the molecule is [N-]=[N+]=NC1C(O)[C@H](O)C(CO)O[C@@H]1OP(=O)([O-])OP(=O)([O-])OC[C@H]1O[C@@H](n2ccc(=O)[nH]c2=O)C(O)C1O.[Na+].[Na+]. The van der Waals surface area contributed by atoms with Crippen molar-refractivity contribution in [2.45, 2.75) is 55.2 Å². The smallest absolute Gasteiger partial charge is 0.756 e. The van der Waals surface area contributed by atoms with Gasteiger partial charge in [-0.2, -0.15) is 0 Å². The zero-order valence-electron chi connectivity index (χ0n) is 20.7. The van der Waals surface area contributed by atoms with Gasteiger partial charge in [-0.1, -0.05) is 5.11 Å². The number of nitrogens with zero attached hydrogens (tertiary/aromatic N) is 4. The Morgan fingerprint density at radius 1 is 1.05 bits per heavy atom. The topological polar surface area (TPSA) is 331 Å². The monoisotopic (exact) mass is 635 g/mol. The fraction of sp³-hybridized carbons (Fsp3) is 0.733. The zero-order valence-corrected chi connectivity index (χ0v) is 26.5. The normalized spacial score (nSPS) is 34.8. The summed E-state index contributed by atoms with van der Waals surface area (Å²) in [4.78, 5) is 51.6. The van der Waals surface area contributed by atoms with Crippen LogP contribution < -0.4 is 80.2 Å². The fourth-order valence-electron chi connectivity index (χ4n) is 3.52. The van der Waals surface area contributed by atoms with Gasteiger partial charge >= 0.3 is 64.8 Å². The molecule has 3 rings (SSSR count). The van der Waals surface area contributed by atoms with Crippen molar-refractivity contribution in [2.24, 2.45) is 5.11 Å². The number of phosphoric ester groups is 2. The molecule has 2 fully saturated rings. The van der Waals surface area contributed by atoms with Gasteiger partial charge in [0.2, 0.25) is 0 Å². The van der Waals surface area contributed by atoms with Gasteiger partial charge in [-0.3, -0.25) is 28.0 Å². The van der Waals surface area contributed by atoms with Crippen LogP contribution in [0.25, 0.3) is 10.4 Å². The van der Waals surface area contributed by atoms with Gasteiger partial charge in [0.25, 0.3) is 21.2 Å². The summed E-state index contributed by atoms with van der Waals surface area (Å²) >= 11 is 0. The van der Waals surface area contributed by atoms with E-state index >= 15 is 0 Å². The Balaban J connectivity index is 0.00000400. The predicted molar refractivity (Wildman–Crippen MR) is 111 cm³/mol. The van der Waals surface area contributed by atoms with Gasteiger partial charge < -0.3 is 49.3 Å². The first kappa shape index (κ1) is 38.0. The second-order valence-corrected chi connectivity index (χ2v) is 10.8. The number of aromatic amines is 1. The minimum absolute atomic E-state index is 0. The Morgan fingerprint density at radius 3 is 2.25 bits per heavy atom. The van der Waals surface area contributed by atoms with Crippen LogP contribution in [0.2, 0.25) is 0 Å². The molecule has 1 aromatic rings. The van der Waals surface area contributed by atoms with Crippen LogP contribution in [0.15, 0.2) is 27.0 Å². The Kier molecular flexibility index (Phi) is 14.8. The van der Waals surface area contributed by atoms with Gasteiger partial charge in [0.15, 0.2) is 12.5 Å². The number of hydrogen-bond acceptors (Lipinski definition) is 17. The molecule has 0 aliphatic carbocycles. The summed E-state index contributed by atoms with van der Waals surface area (Å²) in [7, 11) is -11.8. The minimum atomic E-state index is -5.95. The third kappa shape index (κ3) is 9.23. The fourth-order valence-corrected chi connectivity index (χ4v) is 5.60. The Bertz CT molecular complexity index is 1260. The van der Waals surface area contributed by atoms with Crippen molar-refractivity contribution in [3.8, 4) is 0 Å². The quantitative estimate of drug-likeness (QED) is 0.0457. The molecule has 0 radical (unpaired) electrons. The molecule has 21 nitrogen and oxygen atoms in total. The average Bonchev–Trinajstić information content (AvgIpc) is 3.10. The summed E-state index contributed by atoms with van der Waals surface area (Å²) in [6.45, 7) is -2.08. The van der Waals surface area contributed by atoms with Crippen molar-refractivity contribution in [1.82, 2.24) is 9.55 Å². The molecule has 6 N–H and O–H groups in total. The summed E-state index contributed by atoms with van der Waals surface area (Å²) in [5.74, 6) is 0.